The lowest BCUT2D eigenvalue weighted by Crippen LogP contribution is -2.28. The summed E-state index contributed by atoms with van der Waals surface area (Å²) in [5, 5.41) is 16.1. The molecule has 0 saturated heterocycles. The minimum atomic E-state index is -0.435. The van der Waals surface area contributed by atoms with Crippen LogP contribution < -0.4 is 10.6 Å². The molecule has 4 nitrogen and oxygen atoms in total. The zero-order chi connectivity index (χ0) is 15.8. The molecule has 0 bridgehead atoms. The Kier molecular flexibility index (Phi) is 6.13. The maximum atomic E-state index is 11.2. The fourth-order valence-electron chi connectivity index (χ4n) is 2.32. The molecule has 0 saturated carbocycles. The quantitative estimate of drug-likeness (QED) is 0.735. The van der Waals surface area contributed by atoms with Crippen LogP contribution in [0.2, 0.25) is 0 Å². The Labute approximate surface area is 131 Å². The summed E-state index contributed by atoms with van der Waals surface area (Å²) < 4.78 is 0. The Morgan fingerprint density at radius 2 is 1.77 bits per heavy atom. The number of amides is 1. The summed E-state index contributed by atoms with van der Waals surface area (Å²) in [7, 11) is 0. The predicted octanol–water partition coefficient (Wildman–Crippen LogP) is 2.34. The third-order valence-electron chi connectivity index (χ3n) is 3.34. The normalized spacial score (nSPS) is 11.9. The molecular weight excluding hydrogens is 276 g/mol. The maximum Gasteiger partial charge on any atom is 0.221 e. The van der Waals surface area contributed by atoms with Gasteiger partial charge in [0.2, 0.25) is 5.91 Å². The maximum absolute atomic E-state index is 11.2. The summed E-state index contributed by atoms with van der Waals surface area (Å²) in [6, 6.07) is 17.6. The molecule has 3 N–H and O–H groups in total. The average Bonchev–Trinajstić information content (AvgIpc) is 2.49. The van der Waals surface area contributed by atoms with Crippen LogP contribution in [0.15, 0.2) is 54.6 Å². The van der Waals surface area contributed by atoms with Crippen LogP contribution in [0.3, 0.4) is 0 Å². The van der Waals surface area contributed by atoms with Gasteiger partial charge < -0.3 is 15.7 Å². The van der Waals surface area contributed by atoms with Crippen LogP contribution in [0.5, 0.6) is 0 Å². The lowest BCUT2D eigenvalue weighted by molar-refractivity contribution is -0.114. The van der Waals surface area contributed by atoms with Gasteiger partial charge in [0.25, 0.3) is 0 Å². The van der Waals surface area contributed by atoms with Crippen molar-refractivity contribution >= 4 is 11.6 Å². The van der Waals surface area contributed by atoms with Crippen molar-refractivity contribution in [2.75, 3.05) is 11.9 Å². The van der Waals surface area contributed by atoms with E-state index in [4.69, 9.17) is 0 Å². The van der Waals surface area contributed by atoms with Crippen molar-refractivity contribution in [1.82, 2.24) is 5.32 Å². The van der Waals surface area contributed by atoms with Crippen molar-refractivity contribution in [3.05, 3.63) is 65.7 Å². The molecule has 0 aromatic heterocycles. The van der Waals surface area contributed by atoms with Gasteiger partial charge in [0, 0.05) is 25.7 Å². The largest absolute Gasteiger partial charge is 0.391 e. The first-order valence-electron chi connectivity index (χ1n) is 7.43. The summed E-state index contributed by atoms with van der Waals surface area (Å²) in [5.41, 5.74) is 2.93. The van der Waals surface area contributed by atoms with Gasteiger partial charge in [-0.1, -0.05) is 48.5 Å². The van der Waals surface area contributed by atoms with Crippen LogP contribution in [0.25, 0.3) is 0 Å². The van der Waals surface area contributed by atoms with Gasteiger partial charge in [-0.25, -0.2) is 0 Å². The SMILES string of the molecule is CC(=O)Nc1ccccc1CNCC(O)Cc1ccccc1. The highest BCUT2D eigenvalue weighted by atomic mass is 16.3. The Bertz CT molecular complexity index is 599. The van der Waals surface area contributed by atoms with E-state index >= 15 is 0 Å². The summed E-state index contributed by atoms with van der Waals surface area (Å²) in [6.07, 6.45) is 0.191. The number of anilines is 1. The van der Waals surface area contributed by atoms with E-state index in [0.29, 0.717) is 19.5 Å². The molecule has 2 aromatic carbocycles. The van der Waals surface area contributed by atoms with Crippen LogP contribution in [0.1, 0.15) is 18.1 Å². The number of carbonyl (C=O) groups is 1. The first-order chi connectivity index (χ1) is 10.6. The fraction of sp³-hybridized carbons (Fsp3) is 0.278. The standard InChI is InChI=1S/C18H22N2O2/c1-14(21)20-18-10-6-5-9-16(18)12-19-13-17(22)11-15-7-3-2-4-8-15/h2-10,17,19,22H,11-13H2,1H3,(H,20,21). The molecule has 0 aliphatic rings. The lowest BCUT2D eigenvalue weighted by Gasteiger charge is -2.14. The number of para-hydroxylation sites is 1. The second-order valence-electron chi connectivity index (χ2n) is 5.31. The number of aliphatic hydroxyl groups excluding tert-OH is 1. The third kappa shape index (κ3) is 5.31. The second kappa shape index (κ2) is 8.32. The molecule has 0 aliphatic carbocycles. The van der Waals surface area contributed by atoms with Gasteiger partial charge in [0.1, 0.15) is 0 Å². The van der Waals surface area contributed by atoms with Gasteiger partial charge >= 0.3 is 0 Å². The van der Waals surface area contributed by atoms with E-state index in [1.807, 2.05) is 54.6 Å². The molecule has 1 amide bonds. The number of carbonyl (C=O) groups excluding carboxylic acids is 1. The second-order valence-corrected chi connectivity index (χ2v) is 5.31. The summed E-state index contributed by atoms with van der Waals surface area (Å²) in [6.45, 7) is 2.60. The van der Waals surface area contributed by atoms with Crippen molar-refractivity contribution < 1.29 is 9.90 Å². The number of hydrogen-bond acceptors (Lipinski definition) is 3. The third-order valence-corrected chi connectivity index (χ3v) is 3.34. The van der Waals surface area contributed by atoms with Gasteiger partial charge in [-0.05, 0) is 23.6 Å². The van der Waals surface area contributed by atoms with Gasteiger partial charge in [-0.2, -0.15) is 0 Å². The molecule has 0 radical (unpaired) electrons. The highest BCUT2D eigenvalue weighted by Crippen LogP contribution is 2.14. The summed E-state index contributed by atoms with van der Waals surface area (Å²) in [5.74, 6) is -0.0865. The minimum Gasteiger partial charge on any atom is -0.391 e. The van der Waals surface area contributed by atoms with Crippen molar-refractivity contribution in [3.63, 3.8) is 0 Å². The first kappa shape index (κ1) is 16.2. The average molecular weight is 298 g/mol. The van der Waals surface area contributed by atoms with Crippen molar-refractivity contribution in [3.8, 4) is 0 Å². The monoisotopic (exact) mass is 298 g/mol. The molecule has 2 rings (SSSR count). The predicted molar refractivity (Wildman–Crippen MR) is 88.6 cm³/mol. The molecular formula is C18H22N2O2. The lowest BCUT2D eigenvalue weighted by atomic mass is 10.1. The number of rotatable bonds is 7. The Hall–Kier alpha value is -2.17. The minimum absolute atomic E-state index is 0.0865. The molecule has 0 aliphatic heterocycles. The molecule has 1 atom stereocenters. The van der Waals surface area contributed by atoms with E-state index < -0.39 is 6.10 Å². The highest BCUT2D eigenvalue weighted by Gasteiger charge is 2.07. The first-order valence-corrected chi connectivity index (χ1v) is 7.43. The van der Waals surface area contributed by atoms with Crippen molar-refractivity contribution in [2.24, 2.45) is 0 Å². The van der Waals surface area contributed by atoms with Crippen LogP contribution >= 0.6 is 0 Å². The Balaban J connectivity index is 1.82. The summed E-state index contributed by atoms with van der Waals surface area (Å²) >= 11 is 0. The van der Waals surface area contributed by atoms with E-state index in [1.165, 1.54) is 6.92 Å². The van der Waals surface area contributed by atoms with E-state index in [0.717, 1.165) is 16.8 Å². The van der Waals surface area contributed by atoms with Crippen LogP contribution in [0, 0.1) is 0 Å². The van der Waals surface area contributed by atoms with E-state index in [2.05, 4.69) is 10.6 Å². The van der Waals surface area contributed by atoms with Crippen LogP contribution in [-0.2, 0) is 17.8 Å². The molecule has 0 fully saturated rings. The Morgan fingerprint density at radius 1 is 1.09 bits per heavy atom. The smallest absolute Gasteiger partial charge is 0.221 e. The van der Waals surface area contributed by atoms with Crippen LogP contribution in [0.4, 0.5) is 5.69 Å². The zero-order valence-electron chi connectivity index (χ0n) is 12.8. The molecule has 116 valence electrons. The summed E-state index contributed by atoms with van der Waals surface area (Å²) in [4.78, 5) is 11.2. The zero-order valence-corrected chi connectivity index (χ0v) is 12.8. The van der Waals surface area contributed by atoms with E-state index in [-0.39, 0.29) is 5.91 Å². The van der Waals surface area contributed by atoms with Gasteiger partial charge in [0.15, 0.2) is 0 Å². The van der Waals surface area contributed by atoms with Crippen molar-refractivity contribution in [1.29, 1.82) is 0 Å². The number of nitrogens with one attached hydrogen (secondary N) is 2. The fourth-order valence-corrected chi connectivity index (χ4v) is 2.32. The van der Waals surface area contributed by atoms with Gasteiger partial charge in [-0.15, -0.1) is 0 Å². The number of benzene rings is 2. The topological polar surface area (TPSA) is 61.4 Å². The molecule has 0 heterocycles. The van der Waals surface area contributed by atoms with Gasteiger partial charge in [0.05, 0.1) is 6.10 Å². The Morgan fingerprint density at radius 3 is 2.50 bits per heavy atom. The number of hydrogen-bond donors (Lipinski definition) is 3. The highest BCUT2D eigenvalue weighted by molar-refractivity contribution is 5.89. The molecule has 4 heteroatoms. The van der Waals surface area contributed by atoms with Crippen LogP contribution in [-0.4, -0.2) is 23.7 Å². The van der Waals surface area contributed by atoms with E-state index in [9.17, 15) is 9.90 Å². The molecule has 2 aromatic rings. The van der Waals surface area contributed by atoms with Crippen molar-refractivity contribution in [2.45, 2.75) is 26.0 Å². The van der Waals surface area contributed by atoms with E-state index in [1.54, 1.807) is 0 Å². The molecule has 0 spiro atoms. The number of aliphatic hydroxyl groups is 1. The molecule has 1 unspecified atom stereocenters. The molecule has 22 heavy (non-hydrogen) atoms. The van der Waals surface area contributed by atoms with Gasteiger partial charge in [-0.3, -0.25) is 4.79 Å².